The standard InChI is InChI=1S/C12H14F3N3O3S2.ClH/c1-2-17-23(19,20)6-5-18-9-4-3-8(21-12(13,14)15)7-10(9)22-11(18)16;/h3-4,7,16-17H,2,5-6H2,1H3;1H. The van der Waals surface area contributed by atoms with E-state index in [0.717, 1.165) is 17.4 Å². The van der Waals surface area contributed by atoms with E-state index in [0.29, 0.717) is 10.2 Å². The molecule has 1 aromatic heterocycles. The summed E-state index contributed by atoms with van der Waals surface area (Å²) in [6.07, 6.45) is -4.79. The first-order valence-corrected chi connectivity index (χ1v) is 8.99. The lowest BCUT2D eigenvalue weighted by Crippen LogP contribution is -2.29. The molecule has 0 fully saturated rings. The average molecular weight is 406 g/mol. The molecule has 0 aliphatic rings. The van der Waals surface area contributed by atoms with Gasteiger partial charge in [0.1, 0.15) is 5.75 Å². The second-order valence-electron chi connectivity index (χ2n) is 4.55. The number of fused-ring (bicyclic) bond motifs is 1. The van der Waals surface area contributed by atoms with Gasteiger partial charge >= 0.3 is 6.36 Å². The Bertz CT molecular complexity index is 862. The van der Waals surface area contributed by atoms with E-state index >= 15 is 0 Å². The van der Waals surface area contributed by atoms with Gasteiger partial charge in [-0.05, 0) is 18.2 Å². The van der Waals surface area contributed by atoms with Crippen LogP contribution in [0.2, 0.25) is 0 Å². The molecule has 0 bridgehead atoms. The maximum absolute atomic E-state index is 12.2. The van der Waals surface area contributed by atoms with Crippen LogP contribution in [0.4, 0.5) is 13.2 Å². The van der Waals surface area contributed by atoms with E-state index in [2.05, 4.69) is 9.46 Å². The van der Waals surface area contributed by atoms with Crippen LogP contribution < -0.4 is 14.3 Å². The van der Waals surface area contributed by atoms with Crippen molar-refractivity contribution in [2.24, 2.45) is 0 Å². The van der Waals surface area contributed by atoms with Crippen molar-refractivity contribution < 1.29 is 26.3 Å². The molecule has 12 heteroatoms. The summed E-state index contributed by atoms with van der Waals surface area (Å²) in [7, 11) is -3.45. The molecule has 0 spiro atoms. The Morgan fingerprint density at radius 3 is 2.62 bits per heavy atom. The number of hydrogen-bond donors (Lipinski definition) is 2. The van der Waals surface area contributed by atoms with Gasteiger partial charge in [0, 0.05) is 13.1 Å². The molecular formula is C12H15ClF3N3O3S2. The summed E-state index contributed by atoms with van der Waals surface area (Å²) in [5.74, 6) is -0.594. The first kappa shape index (κ1) is 20.7. The van der Waals surface area contributed by atoms with Gasteiger partial charge in [0.05, 0.1) is 16.0 Å². The van der Waals surface area contributed by atoms with Crippen LogP contribution in [0.3, 0.4) is 0 Å². The fourth-order valence-corrected chi connectivity index (χ4v) is 3.96. The number of nitrogens with zero attached hydrogens (tertiary/aromatic N) is 1. The van der Waals surface area contributed by atoms with Crippen LogP contribution in [0.15, 0.2) is 18.2 Å². The predicted octanol–water partition coefficient (Wildman–Crippen LogP) is 2.44. The first-order chi connectivity index (χ1) is 10.6. The number of aromatic nitrogens is 1. The highest BCUT2D eigenvalue weighted by Gasteiger charge is 2.31. The summed E-state index contributed by atoms with van der Waals surface area (Å²) in [6.45, 7) is 1.96. The lowest BCUT2D eigenvalue weighted by atomic mass is 10.3. The van der Waals surface area contributed by atoms with Crippen LogP contribution in [-0.2, 0) is 16.6 Å². The average Bonchev–Trinajstić information content (AvgIpc) is 2.69. The molecule has 2 aromatic rings. The summed E-state index contributed by atoms with van der Waals surface area (Å²) in [4.78, 5) is 0.0517. The van der Waals surface area contributed by atoms with Crippen molar-refractivity contribution >= 4 is 44.0 Å². The maximum Gasteiger partial charge on any atom is 0.573 e. The third kappa shape index (κ3) is 5.36. The Labute approximate surface area is 146 Å². The molecule has 0 atom stereocenters. The number of thiazole rings is 1. The van der Waals surface area contributed by atoms with Crippen LogP contribution in [0.5, 0.6) is 5.75 Å². The van der Waals surface area contributed by atoms with Crippen LogP contribution in [0.1, 0.15) is 6.92 Å². The number of alkyl halides is 3. The van der Waals surface area contributed by atoms with Gasteiger partial charge in [-0.1, -0.05) is 18.3 Å². The van der Waals surface area contributed by atoms with E-state index < -0.39 is 16.4 Å². The smallest absolute Gasteiger partial charge is 0.406 e. The van der Waals surface area contributed by atoms with E-state index in [1.807, 2.05) is 0 Å². The number of benzene rings is 1. The number of rotatable bonds is 6. The van der Waals surface area contributed by atoms with Crippen molar-refractivity contribution in [1.29, 1.82) is 5.41 Å². The summed E-state index contributed by atoms with van der Waals surface area (Å²) in [5, 5.41) is 7.86. The summed E-state index contributed by atoms with van der Waals surface area (Å²) < 4.78 is 68.0. The number of sulfonamides is 1. The molecule has 0 saturated carbocycles. The lowest BCUT2D eigenvalue weighted by molar-refractivity contribution is -0.274. The monoisotopic (exact) mass is 405 g/mol. The number of ether oxygens (including phenoxy) is 1. The zero-order valence-corrected chi connectivity index (χ0v) is 14.8. The van der Waals surface area contributed by atoms with Crippen LogP contribution in [0, 0.1) is 5.41 Å². The molecule has 1 aromatic carbocycles. The van der Waals surface area contributed by atoms with E-state index in [4.69, 9.17) is 5.41 Å². The quantitative estimate of drug-likeness (QED) is 0.774. The highest BCUT2D eigenvalue weighted by atomic mass is 35.5. The van der Waals surface area contributed by atoms with E-state index in [-0.39, 0.29) is 41.8 Å². The van der Waals surface area contributed by atoms with Crippen molar-refractivity contribution in [3.05, 3.63) is 23.0 Å². The zero-order valence-electron chi connectivity index (χ0n) is 12.4. The molecule has 0 amide bonds. The molecule has 1 heterocycles. The molecule has 136 valence electrons. The normalized spacial score (nSPS) is 12.2. The number of halogens is 4. The van der Waals surface area contributed by atoms with Crippen LogP contribution in [-0.4, -0.2) is 31.6 Å². The van der Waals surface area contributed by atoms with Crippen LogP contribution >= 0.6 is 23.7 Å². The second kappa shape index (κ2) is 7.72. The van der Waals surface area contributed by atoms with E-state index in [1.165, 1.54) is 16.7 Å². The summed E-state index contributed by atoms with van der Waals surface area (Å²) in [5.41, 5.74) is 0.487. The van der Waals surface area contributed by atoms with Crippen molar-refractivity contribution in [3.8, 4) is 5.75 Å². The second-order valence-corrected chi connectivity index (χ2v) is 7.51. The predicted molar refractivity (Wildman–Crippen MR) is 87.1 cm³/mol. The molecular weight excluding hydrogens is 391 g/mol. The maximum atomic E-state index is 12.2. The fraction of sp³-hybridized carbons (Fsp3) is 0.417. The molecule has 2 rings (SSSR count). The van der Waals surface area contributed by atoms with Crippen LogP contribution in [0.25, 0.3) is 10.2 Å². The SMILES string of the molecule is CCNS(=O)(=O)CCn1c(=N)sc2cc(OC(F)(F)F)ccc21.Cl. The van der Waals surface area contributed by atoms with Gasteiger partial charge < -0.3 is 9.30 Å². The third-order valence-electron chi connectivity index (χ3n) is 2.86. The van der Waals surface area contributed by atoms with Gasteiger partial charge in [-0.2, -0.15) is 0 Å². The van der Waals surface area contributed by atoms with Crippen molar-refractivity contribution in [1.82, 2.24) is 9.29 Å². The summed E-state index contributed by atoms with van der Waals surface area (Å²) >= 11 is 0.950. The third-order valence-corrected chi connectivity index (χ3v) is 5.26. The van der Waals surface area contributed by atoms with Gasteiger partial charge in [-0.3, -0.25) is 5.41 Å². The van der Waals surface area contributed by atoms with Crippen molar-refractivity contribution in [2.75, 3.05) is 12.3 Å². The molecule has 24 heavy (non-hydrogen) atoms. The Kier molecular flexibility index (Phi) is 6.67. The van der Waals surface area contributed by atoms with E-state index in [1.54, 1.807) is 6.92 Å². The molecule has 0 radical (unpaired) electrons. The van der Waals surface area contributed by atoms with Crippen molar-refractivity contribution in [3.63, 3.8) is 0 Å². The number of hydrogen-bond acceptors (Lipinski definition) is 5. The minimum absolute atomic E-state index is 0. The highest BCUT2D eigenvalue weighted by Crippen LogP contribution is 2.27. The van der Waals surface area contributed by atoms with E-state index in [9.17, 15) is 21.6 Å². The van der Waals surface area contributed by atoms with Gasteiger partial charge in [0.15, 0.2) is 4.80 Å². The first-order valence-electron chi connectivity index (χ1n) is 6.52. The topological polar surface area (TPSA) is 84.2 Å². The van der Waals surface area contributed by atoms with Crippen molar-refractivity contribution in [2.45, 2.75) is 19.8 Å². The minimum Gasteiger partial charge on any atom is -0.406 e. The molecule has 6 nitrogen and oxygen atoms in total. The van der Waals surface area contributed by atoms with Gasteiger partial charge in [0.2, 0.25) is 10.0 Å². The van der Waals surface area contributed by atoms with Gasteiger partial charge in [-0.15, -0.1) is 25.6 Å². The highest BCUT2D eigenvalue weighted by molar-refractivity contribution is 7.89. The number of nitrogens with one attached hydrogen (secondary N) is 2. The molecule has 0 aliphatic carbocycles. The fourth-order valence-electron chi connectivity index (χ4n) is 1.99. The molecule has 0 saturated heterocycles. The molecule has 0 unspecified atom stereocenters. The lowest BCUT2D eigenvalue weighted by Gasteiger charge is -2.09. The minimum atomic E-state index is -4.79. The summed E-state index contributed by atoms with van der Waals surface area (Å²) in [6, 6.07) is 3.70. The Morgan fingerprint density at radius 2 is 2.04 bits per heavy atom. The zero-order chi connectivity index (χ0) is 17.3. The van der Waals surface area contributed by atoms with Gasteiger partial charge in [-0.25, -0.2) is 13.1 Å². The Balaban J connectivity index is 0.00000288. The largest absolute Gasteiger partial charge is 0.573 e. The molecule has 0 aliphatic heterocycles. The Hall–Kier alpha value is -1.30. The Morgan fingerprint density at radius 1 is 1.38 bits per heavy atom. The molecule has 2 N–H and O–H groups in total. The van der Waals surface area contributed by atoms with Gasteiger partial charge in [0.25, 0.3) is 0 Å². The number of aryl methyl sites for hydroxylation is 1.